The molecule has 1 aromatic rings. The zero-order valence-corrected chi connectivity index (χ0v) is 16.0. The molecular weight excluding hydrogens is 405 g/mol. The first kappa shape index (κ1) is 18.2. The van der Waals surface area contributed by atoms with Crippen LogP contribution in [0.3, 0.4) is 0 Å². The molecule has 1 amide bonds. The van der Waals surface area contributed by atoms with Gasteiger partial charge in [0.2, 0.25) is 0 Å². The fourth-order valence-electron chi connectivity index (χ4n) is 3.09. The maximum absolute atomic E-state index is 12.4. The van der Waals surface area contributed by atoms with Crippen molar-refractivity contribution in [1.82, 2.24) is 3.53 Å². The van der Waals surface area contributed by atoms with Gasteiger partial charge in [-0.1, -0.05) is 0 Å². The molecule has 0 unspecified atom stereocenters. The third kappa shape index (κ3) is 5.48. The predicted molar refractivity (Wildman–Crippen MR) is 101 cm³/mol. The van der Waals surface area contributed by atoms with Crippen molar-refractivity contribution in [2.45, 2.75) is 44.0 Å². The van der Waals surface area contributed by atoms with Gasteiger partial charge in [0.15, 0.2) is 0 Å². The van der Waals surface area contributed by atoms with Gasteiger partial charge in [-0.25, -0.2) is 0 Å². The van der Waals surface area contributed by atoms with E-state index in [1.165, 1.54) is 0 Å². The van der Waals surface area contributed by atoms with E-state index in [0.717, 1.165) is 31.2 Å². The maximum atomic E-state index is 12.4. The molecule has 5 heteroatoms. The minimum atomic E-state index is -2.58. The van der Waals surface area contributed by atoms with E-state index in [4.69, 9.17) is 0 Å². The van der Waals surface area contributed by atoms with E-state index in [1.807, 2.05) is 30.3 Å². The molecule has 4 nitrogen and oxygen atoms in total. The van der Waals surface area contributed by atoms with Crippen molar-refractivity contribution >= 4 is 30.0 Å². The molecule has 1 aliphatic rings. The van der Waals surface area contributed by atoms with Gasteiger partial charge in [-0.3, -0.25) is 0 Å². The first-order valence-electron chi connectivity index (χ1n) is 8.20. The molecule has 1 aliphatic carbocycles. The van der Waals surface area contributed by atoms with E-state index in [1.54, 1.807) is 0 Å². The molecule has 2 rings (SSSR count). The molecule has 0 saturated heterocycles. The number of hydrogen-bond acceptors (Lipinski definition) is 2. The summed E-state index contributed by atoms with van der Waals surface area (Å²) in [4.78, 5) is 24.0. The molecule has 0 bridgehead atoms. The van der Waals surface area contributed by atoms with Gasteiger partial charge in [0.25, 0.3) is 0 Å². The summed E-state index contributed by atoms with van der Waals surface area (Å²) in [6.45, 7) is 4.47. The van der Waals surface area contributed by atoms with Crippen LogP contribution < -0.4 is 3.53 Å². The summed E-state index contributed by atoms with van der Waals surface area (Å²) < 4.78 is 2.56. The van der Waals surface area contributed by atoms with Gasteiger partial charge in [-0.2, -0.15) is 0 Å². The minimum absolute atomic E-state index is 0.0000710. The van der Waals surface area contributed by atoms with Gasteiger partial charge < -0.3 is 0 Å². The van der Waals surface area contributed by atoms with Crippen molar-refractivity contribution < 1.29 is 14.7 Å². The van der Waals surface area contributed by atoms with Crippen LogP contribution in [0.5, 0.6) is 0 Å². The van der Waals surface area contributed by atoms with Crippen LogP contribution in [0, 0.1) is 17.8 Å². The van der Waals surface area contributed by atoms with Gasteiger partial charge in [-0.15, -0.1) is 0 Å². The number of amides is 1. The van der Waals surface area contributed by atoms with Gasteiger partial charge in [0, 0.05) is 0 Å². The molecule has 2 N–H and O–H groups in total. The SMILES string of the molecule is CC(C)C1CCC(C(=O)NI(Cc2ccccc2)C(=O)O)CC1. The molecular formula is C18H26INO3. The van der Waals surface area contributed by atoms with E-state index in [2.05, 4.69) is 17.4 Å². The number of carbonyl (C=O) groups excluding carboxylic acids is 1. The Balaban J connectivity index is 1.90. The summed E-state index contributed by atoms with van der Waals surface area (Å²) >= 11 is -2.58. The van der Waals surface area contributed by atoms with Crippen molar-refractivity contribution in [2.24, 2.45) is 17.8 Å². The van der Waals surface area contributed by atoms with Crippen molar-refractivity contribution in [2.75, 3.05) is 0 Å². The first-order valence-corrected chi connectivity index (χ1v) is 11.9. The van der Waals surface area contributed by atoms with E-state index in [0.29, 0.717) is 16.3 Å². The first-order chi connectivity index (χ1) is 11.0. The van der Waals surface area contributed by atoms with Crippen molar-refractivity contribution in [1.29, 1.82) is 0 Å². The predicted octanol–water partition coefficient (Wildman–Crippen LogP) is 4.86. The Kier molecular flexibility index (Phi) is 6.87. The molecule has 1 aromatic carbocycles. The van der Waals surface area contributed by atoms with Gasteiger partial charge in [0.05, 0.1) is 0 Å². The van der Waals surface area contributed by atoms with Crippen LogP contribution in [0.4, 0.5) is 4.79 Å². The molecule has 23 heavy (non-hydrogen) atoms. The van der Waals surface area contributed by atoms with Crippen molar-refractivity contribution in [3.05, 3.63) is 35.9 Å². The summed E-state index contributed by atoms with van der Waals surface area (Å²) in [7, 11) is 0. The molecule has 0 aliphatic heterocycles. The third-order valence-electron chi connectivity index (χ3n) is 4.62. The normalized spacial score (nSPS) is 21.8. The number of carboxylic acid groups (broad SMARTS) is 1. The van der Waals surface area contributed by atoms with Gasteiger partial charge in [0.1, 0.15) is 0 Å². The summed E-state index contributed by atoms with van der Waals surface area (Å²) in [6, 6.07) is 9.57. The van der Waals surface area contributed by atoms with E-state index < -0.39 is 24.1 Å². The van der Waals surface area contributed by atoms with Crippen molar-refractivity contribution in [3.8, 4) is 0 Å². The topological polar surface area (TPSA) is 66.4 Å². The number of nitrogens with one attached hydrogen (secondary N) is 1. The molecule has 128 valence electrons. The Hall–Kier alpha value is -1.11. The standard InChI is InChI=1S/C18H26INO3/c1-13(2)15-8-10-16(11-9-15)17(21)20-19(18(22)23)12-14-6-4-3-5-7-14/h3-7,13,15-16H,8-12H2,1-2H3,(H,20,21)(H,22,23). The Morgan fingerprint density at radius 3 is 2.30 bits per heavy atom. The third-order valence-corrected chi connectivity index (χ3v) is 8.56. The van der Waals surface area contributed by atoms with Crippen LogP contribution in [-0.4, -0.2) is 15.0 Å². The molecule has 0 radical (unpaired) electrons. The fourth-order valence-corrected chi connectivity index (χ4v) is 6.31. The van der Waals surface area contributed by atoms with Crippen LogP contribution in [-0.2, 0) is 9.22 Å². The zero-order chi connectivity index (χ0) is 16.8. The molecule has 0 heterocycles. The van der Waals surface area contributed by atoms with Crippen LogP contribution in [0.25, 0.3) is 0 Å². The molecule has 0 spiro atoms. The molecule has 0 aromatic heterocycles. The van der Waals surface area contributed by atoms with Crippen molar-refractivity contribution in [3.63, 3.8) is 0 Å². The second-order valence-corrected chi connectivity index (χ2v) is 10.8. The fraction of sp³-hybridized carbons (Fsp3) is 0.556. The quantitative estimate of drug-likeness (QED) is 0.293. The summed E-state index contributed by atoms with van der Waals surface area (Å²) in [5, 5.41) is 9.45. The van der Waals surface area contributed by atoms with Gasteiger partial charge >= 0.3 is 146 Å². The summed E-state index contributed by atoms with van der Waals surface area (Å²) in [5.74, 6) is 1.34. The number of hydrogen-bond donors (Lipinski definition) is 2. The number of halogens is 1. The van der Waals surface area contributed by atoms with Crippen LogP contribution in [0.1, 0.15) is 45.1 Å². The van der Waals surface area contributed by atoms with E-state index >= 15 is 0 Å². The van der Waals surface area contributed by atoms with E-state index in [9.17, 15) is 14.7 Å². The van der Waals surface area contributed by atoms with E-state index in [-0.39, 0.29) is 11.8 Å². The number of carbonyl (C=O) groups is 2. The van der Waals surface area contributed by atoms with Gasteiger partial charge in [-0.05, 0) is 0 Å². The summed E-state index contributed by atoms with van der Waals surface area (Å²) in [5.41, 5.74) is 0.990. The Labute approximate surface area is 145 Å². The molecule has 1 saturated carbocycles. The zero-order valence-electron chi connectivity index (χ0n) is 13.8. The average Bonchev–Trinajstić information content (AvgIpc) is 2.55. The van der Waals surface area contributed by atoms with Crippen LogP contribution in [0.15, 0.2) is 30.3 Å². The van der Waals surface area contributed by atoms with Crippen LogP contribution in [0.2, 0.25) is 0 Å². The summed E-state index contributed by atoms with van der Waals surface area (Å²) in [6.07, 6.45) is 3.94. The second-order valence-electron chi connectivity index (χ2n) is 6.55. The molecule has 1 fully saturated rings. The average molecular weight is 431 g/mol. The Bertz CT molecular complexity index is 524. The Morgan fingerprint density at radius 1 is 1.17 bits per heavy atom. The van der Waals surface area contributed by atoms with Crippen LogP contribution >= 0.6 is 20.1 Å². The second kappa shape index (κ2) is 8.66. The molecule has 0 atom stereocenters. The monoisotopic (exact) mass is 431 g/mol. The number of alkyl halides is 1. The number of benzene rings is 1. The number of rotatable bonds is 6. The Morgan fingerprint density at radius 2 is 1.78 bits per heavy atom.